The van der Waals surface area contributed by atoms with Gasteiger partial charge in [0.05, 0.1) is 12.6 Å². The minimum absolute atomic E-state index is 0.243. The van der Waals surface area contributed by atoms with Crippen molar-refractivity contribution in [3.05, 3.63) is 35.4 Å². The van der Waals surface area contributed by atoms with E-state index < -0.39 is 17.7 Å². The molecule has 128 valence electrons. The molecule has 0 saturated carbocycles. The first-order chi connectivity index (χ1) is 11.0. The molecule has 1 aliphatic rings. The van der Waals surface area contributed by atoms with Crippen molar-refractivity contribution in [2.45, 2.75) is 25.5 Å². The van der Waals surface area contributed by atoms with Crippen molar-refractivity contribution in [3.63, 3.8) is 0 Å². The third-order valence-corrected chi connectivity index (χ3v) is 3.79. The first-order valence-corrected chi connectivity index (χ1v) is 7.68. The molecule has 0 unspecified atom stereocenters. The normalized spacial score (nSPS) is 20.5. The number of benzene rings is 1. The Morgan fingerprint density at radius 2 is 2.22 bits per heavy atom. The van der Waals surface area contributed by atoms with Gasteiger partial charge in [-0.3, -0.25) is 0 Å². The van der Waals surface area contributed by atoms with Crippen molar-refractivity contribution < 1.29 is 23.0 Å². The first-order valence-electron chi connectivity index (χ1n) is 7.68. The maximum absolute atomic E-state index is 13.4. The van der Waals surface area contributed by atoms with Crippen LogP contribution in [0.3, 0.4) is 0 Å². The maximum Gasteiger partial charge on any atom is 0.317 e. The van der Waals surface area contributed by atoms with Gasteiger partial charge < -0.3 is 19.7 Å². The number of hydrogen-bond acceptors (Lipinski definition) is 3. The van der Waals surface area contributed by atoms with Crippen LogP contribution in [0.25, 0.3) is 0 Å². The summed E-state index contributed by atoms with van der Waals surface area (Å²) in [6, 6.07) is 3.14. The number of amides is 2. The molecule has 23 heavy (non-hydrogen) atoms. The van der Waals surface area contributed by atoms with Gasteiger partial charge in [-0.25, -0.2) is 13.6 Å². The van der Waals surface area contributed by atoms with Crippen LogP contribution < -0.4 is 5.32 Å². The summed E-state index contributed by atoms with van der Waals surface area (Å²) in [6.45, 7) is 3.89. The maximum atomic E-state index is 13.4. The van der Waals surface area contributed by atoms with Crippen LogP contribution in [0.1, 0.15) is 25.0 Å². The molecular weight excluding hydrogens is 306 g/mol. The zero-order valence-electron chi connectivity index (χ0n) is 13.4. The number of nitrogens with zero attached hydrogens (tertiary/aromatic N) is 1. The standard InChI is InChI=1S/C16H22F2N2O3/c1-3-22-9-7-20(2)16(21)19-14-6-8-23-15(14)11-4-5-12(17)13(18)10-11/h4-5,10,14-15H,3,6-9H2,1-2H3,(H,19,21)/t14-,15+/m1/s1. The van der Waals surface area contributed by atoms with E-state index in [0.29, 0.717) is 38.3 Å². The van der Waals surface area contributed by atoms with E-state index in [4.69, 9.17) is 9.47 Å². The smallest absolute Gasteiger partial charge is 0.317 e. The summed E-state index contributed by atoms with van der Waals surface area (Å²) in [5, 5.41) is 2.88. The highest BCUT2D eigenvalue weighted by Gasteiger charge is 2.32. The molecule has 2 amide bonds. The van der Waals surface area contributed by atoms with Crippen molar-refractivity contribution in [2.75, 3.05) is 33.4 Å². The lowest BCUT2D eigenvalue weighted by Crippen LogP contribution is -2.45. The molecule has 1 heterocycles. The van der Waals surface area contributed by atoms with Gasteiger partial charge in [0.1, 0.15) is 6.10 Å². The zero-order chi connectivity index (χ0) is 16.8. The average molecular weight is 328 g/mol. The highest BCUT2D eigenvalue weighted by atomic mass is 19.2. The van der Waals surface area contributed by atoms with E-state index in [9.17, 15) is 13.6 Å². The van der Waals surface area contributed by atoms with Gasteiger partial charge in [-0.05, 0) is 31.0 Å². The Bertz CT molecular complexity index is 542. The third-order valence-electron chi connectivity index (χ3n) is 3.79. The Labute approximate surface area is 134 Å². The molecule has 2 rings (SSSR count). The summed E-state index contributed by atoms with van der Waals surface area (Å²) in [4.78, 5) is 13.7. The van der Waals surface area contributed by atoms with Crippen LogP contribution in [0.5, 0.6) is 0 Å². The SMILES string of the molecule is CCOCCN(C)C(=O)N[C@@H]1CCO[C@H]1c1ccc(F)c(F)c1. The predicted molar refractivity (Wildman–Crippen MR) is 81.1 cm³/mol. The Kier molecular flexibility index (Phi) is 6.29. The molecule has 0 radical (unpaired) electrons. The average Bonchev–Trinajstić information content (AvgIpc) is 2.98. The molecule has 1 aromatic carbocycles. The topological polar surface area (TPSA) is 50.8 Å². The molecule has 5 nitrogen and oxygen atoms in total. The number of ether oxygens (including phenoxy) is 2. The van der Waals surface area contributed by atoms with Gasteiger partial charge in [0.15, 0.2) is 11.6 Å². The van der Waals surface area contributed by atoms with Crippen LogP contribution >= 0.6 is 0 Å². The van der Waals surface area contributed by atoms with Crippen LogP contribution in [0, 0.1) is 11.6 Å². The fraction of sp³-hybridized carbons (Fsp3) is 0.562. The quantitative estimate of drug-likeness (QED) is 0.816. The molecule has 7 heteroatoms. The fourth-order valence-electron chi connectivity index (χ4n) is 2.47. The van der Waals surface area contributed by atoms with Crippen LogP contribution in [0.2, 0.25) is 0 Å². The van der Waals surface area contributed by atoms with Gasteiger partial charge in [0.25, 0.3) is 0 Å². The van der Waals surface area contributed by atoms with E-state index >= 15 is 0 Å². The van der Waals surface area contributed by atoms with E-state index in [0.717, 1.165) is 12.1 Å². The van der Waals surface area contributed by atoms with Gasteiger partial charge in [0.2, 0.25) is 0 Å². The van der Waals surface area contributed by atoms with E-state index in [1.54, 1.807) is 7.05 Å². The molecule has 1 fully saturated rings. The molecule has 0 aromatic heterocycles. The number of hydrogen-bond donors (Lipinski definition) is 1. The molecule has 0 spiro atoms. The van der Waals surface area contributed by atoms with E-state index in [-0.39, 0.29) is 12.1 Å². The summed E-state index contributed by atoms with van der Waals surface area (Å²) >= 11 is 0. The molecule has 1 aliphatic heterocycles. The lowest BCUT2D eigenvalue weighted by molar-refractivity contribution is 0.0962. The number of carbonyl (C=O) groups is 1. The Balaban J connectivity index is 1.95. The Morgan fingerprint density at radius 3 is 2.91 bits per heavy atom. The molecular formula is C16H22F2N2O3. The van der Waals surface area contributed by atoms with Crippen LogP contribution in [-0.4, -0.2) is 50.4 Å². The van der Waals surface area contributed by atoms with Gasteiger partial charge in [0, 0.05) is 26.8 Å². The second-order valence-electron chi connectivity index (χ2n) is 5.43. The molecule has 1 N–H and O–H groups in total. The number of nitrogens with one attached hydrogen (secondary N) is 1. The number of carbonyl (C=O) groups excluding carboxylic acids is 1. The first kappa shape index (κ1) is 17.6. The van der Waals surface area contributed by atoms with E-state index in [2.05, 4.69) is 5.32 Å². The van der Waals surface area contributed by atoms with Gasteiger partial charge in [-0.15, -0.1) is 0 Å². The lowest BCUT2D eigenvalue weighted by Gasteiger charge is -2.24. The molecule has 1 saturated heterocycles. The monoisotopic (exact) mass is 328 g/mol. The van der Waals surface area contributed by atoms with Crippen molar-refractivity contribution >= 4 is 6.03 Å². The molecule has 0 bridgehead atoms. The highest BCUT2D eigenvalue weighted by molar-refractivity contribution is 5.74. The second-order valence-corrected chi connectivity index (χ2v) is 5.43. The van der Waals surface area contributed by atoms with Crippen LogP contribution in [0.15, 0.2) is 18.2 Å². The van der Waals surface area contributed by atoms with Gasteiger partial charge in [-0.2, -0.15) is 0 Å². The van der Waals surface area contributed by atoms with Crippen molar-refractivity contribution in [2.24, 2.45) is 0 Å². The summed E-state index contributed by atoms with van der Waals surface area (Å²) in [5.41, 5.74) is 0.517. The summed E-state index contributed by atoms with van der Waals surface area (Å²) in [6.07, 6.45) is 0.142. The minimum atomic E-state index is -0.920. The lowest BCUT2D eigenvalue weighted by atomic mass is 10.0. The fourth-order valence-corrected chi connectivity index (χ4v) is 2.47. The minimum Gasteiger partial charge on any atom is -0.380 e. The van der Waals surface area contributed by atoms with Crippen LogP contribution in [0.4, 0.5) is 13.6 Å². The summed E-state index contributed by atoms with van der Waals surface area (Å²) in [7, 11) is 1.68. The number of urea groups is 1. The summed E-state index contributed by atoms with van der Waals surface area (Å²) in [5.74, 6) is -1.82. The predicted octanol–water partition coefficient (Wildman–Crippen LogP) is 2.47. The van der Waals surface area contributed by atoms with Crippen molar-refractivity contribution in [3.8, 4) is 0 Å². The van der Waals surface area contributed by atoms with Gasteiger partial charge >= 0.3 is 6.03 Å². The highest BCUT2D eigenvalue weighted by Crippen LogP contribution is 2.30. The van der Waals surface area contributed by atoms with Gasteiger partial charge in [-0.1, -0.05) is 6.07 Å². The molecule has 1 aromatic rings. The Hall–Kier alpha value is -1.73. The number of likely N-dealkylation sites (N-methyl/N-ethyl adjacent to an activating group) is 1. The largest absolute Gasteiger partial charge is 0.380 e. The van der Waals surface area contributed by atoms with E-state index in [1.165, 1.54) is 11.0 Å². The number of halogens is 2. The second kappa shape index (κ2) is 8.21. The zero-order valence-corrected chi connectivity index (χ0v) is 13.4. The number of rotatable bonds is 6. The van der Waals surface area contributed by atoms with E-state index in [1.807, 2.05) is 6.92 Å². The summed E-state index contributed by atoms with van der Waals surface area (Å²) < 4.78 is 37.2. The Morgan fingerprint density at radius 1 is 1.43 bits per heavy atom. The molecule has 0 aliphatic carbocycles. The van der Waals surface area contributed by atoms with Crippen LogP contribution in [-0.2, 0) is 9.47 Å². The third kappa shape index (κ3) is 4.62. The molecule has 2 atom stereocenters. The van der Waals surface area contributed by atoms with Crippen molar-refractivity contribution in [1.82, 2.24) is 10.2 Å². The van der Waals surface area contributed by atoms with Crippen molar-refractivity contribution in [1.29, 1.82) is 0 Å².